The molecule has 2 aromatic heterocycles. The molecule has 0 aliphatic heterocycles. The van der Waals surface area contributed by atoms with Crippen LogP contribution < -0.4 is 11.1 Å². The highest BCUT2D eigenvalue weighted by Crippen LogP contribution is 2.31. The zero-order valence-electron chi connectivity index (χ0n) is 12.8. The minimum absolute atomic E-state index is 0.0606. The van der Waals surface area contributed by atoms with Crippen molar-refractivity contribution in [3.05, 3.63) is 45.9 Å². The second-order valence-corrected chi connectivity index (χ2v) is 6.60. The third-order valence-electron chi connectivity index (χ3n) is 3.51. The van der Waals surface area contributed by atoms with Crippen molar-refractivity contribution >= 4 is 39.1 Å². The van der Waals surface area contributed by atoms with Crippen molar-refractivity contribution in [2.45, 2.75) is 13.3 Å². The van der Waals surface area contributed by atoms with Crippen LogP contribution in [0.4, 0.5) is 0 Å². The molecule has 7 heteroatoms. The minimum atomic E-state index is -0.0606. The fraction of sp³-hybridized carbons (Fsp3) is 0.250. The molecule has 0 unspecified atom stereocenters. The Kier molecular flexibility index (Phi) is 4.66. The van der Waals surface area contributed by atoms with Crippen LogP contribution >= 0.6 is 22.9 Å². The van der Waals surface area contributed by atoms with Gasteiger partial charge in [-0.2, -0.15) is 5.10 Å². The Morgan fingerprint density at radius 3 is 2.96 bits per heavy atom. The van der Waals surface area contributed by atoms with Gasteiger partial charge in [-0.3, -0.25) is 4.79 Å². The number of nitrogens with one attached hydrogen (secondary N) is 1. The molecule has 120 valence electrons. The first kappa shape index (κ1) is 16.0. The highest BCUT2D eigenvalue weighted by atomic mass is 35.5. The number of hydrogen-bond acceptors (Lipinski definition) is 3. The molecular formula is C16H18ClN4OS+. The first-order valence-corrected chi connectivity index (χ1v) is 8.68. The predicted octanol–water partition coefficient (Wildman–Crippen LogP) is 2.27. The van der Waals surface area contributed by atoms with E-state index in [2.05, 4.69) is 23.1 Å². The molecule has 0 spiro atoms. The lowest BCUT2D eigenvalue weighted by molar-refractivity contribution is -0.364. The molecule has 0 aliphatic rings. The topological polar surface area (TPSA) is 74.6 Å². The summed E-state index contributed by atoms with van der Waals surface area (Å²) in [6, 6.07) is 9.48. The number of rotatable bonds is 5. The number of hydrogen-bond donors (Lipinski definition) is 2. The number of nitrogens with zero attached hydrogens (tertiary/aromatic N) is 2. The van der Waals surface area contributed by atoms with Crippen molar-refractivity contribution < 1.29 is 10.5 Å². The number of quaternary nitrogens is 1. The molecule has 0 fully saturated rings. The van der Waals surface area contributed by atoms with Crippen molar-refractivity contribution in [2.24, 2.45) is 0 Å². The Morgan fingerprint density at radius 1 is 1.43 bits per heavy atom. The van der Waals surface area contributed by atoms with Crippen LogP contribution in [0.5, 0.6) is 0 Å². The van der Waals surface area contributed by atoms with Gasteiger partial charge in [0.1, 0.15) is 4.83 Å². The second kappa shape index (κ2) is 6.70. The third kappa shape index (κ3) is 3.10. The fourth-order valence-electron chi connectivity index (χ4n) is 2.41. The predicted molar refractivity (Wildman–Crippen MR) is 93.4 cm³/mol. The number of fused-ring (bicyclic) bond motifs is 1. The van der Waals surface area contributed by atoms with Crippen LogP contribution in [0.25, 0.3) is 15.9 Å². The molecule has 0 saturated carbocycles. The van der Waals surface area contributed by atoms with E-state index < -0.39 is 0 Å². The smallest absolute Gasteiger partial charge is 0.261 e. The fourth-order valence-corrected chi connectivity index (χ4v) is 3.66. The van der Waals surface area contributed by atoms with Crippen LogP contribution in [0.15, 0.2) is 30.3 Å². The molecule has 0 atom stereocenters. The van der Waals surface area contributed by atoms with Crippen LogP contribution in [0.2, 0.25) is 5.02 Å². The molecule has 1 amide bonds. The van der Waals surface area contributed by atoms with Gasteiger partial charge >= 0.3 is 0 Å². The van der Waals surface area contributed by atoms with Gasteiger partial charge in [0.2, 0.25) is 0 Å². The normalized spacial score (nSPS) is 11.1. The van der Waals surface area contributed by atoms with Gasteiger partial charge in [-0.15, -0.1) is 11.3 Å². The molecule has 1 aromatic carbocycles. The molecule has 0 radical (unpaired) electrons. The van der Waals surface area contributed by atoms with Crippen LogP contribution in [-0.2, 0) is 6.42 Å². The van der Waals surface area contributed by atoms with Crippen LogP contribution in [0.3, 0.4) is 0 Å². The summed E-state index contributed by atoms with van der Waals surface area (Å²) < 4.78 is 1.86. The Hall–Kier alpha value is -1.89. The van der Waals surface area contributed by atoms with Gasteiger partial charge in [0, 0.05) is 10.4 Å². The molecule has 5 nitrogen and oxygen atoms in total. The lowest BCUT2D eigenvalue weighted by Crippen LogP contribution is -2.54. The number of thiophene rings is 1. The van der Waals surface area contributed by atoms with Gasteiger partial charge in [0.05, 0.1) is 29.3 Å². The van der Waals surface area contributed by atoms with E-state index in [9.17, 15) is 4.79 Å². The summed E-state index contributed by atoms with van der Waals surface area (Å²) >= 11 is 7.54. The Balaban J connectivity index is 2.09. The summed E-state index contributed by atoms with van der Waals surface area (Å²) in [7, 11) is 0. The lowest BCUT2D eigenvalue weighted by Gasteiger charge is -2.03. The number of carbonyl (C=O) groups excluding carboxylic acids is 1. The van der Waals surface area contributed by atoms with E-state index in [1.165, 1.54) is 11.3 Å². The number of carbonyl (C=O) groups is 1. The van der Waals surface area contributed by atoms with E-state index in [0.29, 0.717) is 23.0 Å². The molecule has 3 rings (SSSR count). The highest BCUT2D eigenvalue weighted by Gasteiger charge is 2.18. The summed E-state index contributed by atoms with van der Waals surface area (Å²) in [6.07, 6.45) is 0.806. The average molecular weight is 350 g/mol. The molecule has 4 N–H and O–H groups in total. The number of aromatic nitrogens is 2. The van der Waals surface area contributed by atoms with Crippen molar-refractivity contribution in [1.29, 1.82) is 0 Å². The third-order valence-corrected chi connectivity index (χ3v) is 4.85. The van der Waals surface area contributed by atoms with Crippen LogP contribution in [-0.4, -0.2) is 28.8 Å². The quantitative estimate of drug-likeness (QED) is 0.741. The lowest BCUT2D eigenvalue weighted by atomic mass is 10.2. The standard InChI is InChI=1S/C16H17ClN4OS/c1-2-13-12-9-14(15(22)19-7-6-18)23-16(12)21(20-13)11-5-3-4-10(17)8-11/h3-5,8-9H,2,6-7,18H2,1H3,(H,19,22)/p+1. The van der Waals surface area contributed by atoms with E-state index >= 15 is 0 Å². The average Bonchev–Trinajstić information content (AvgIpc) is 3.11. The first-order valence-electron chi connectivity index (χ1n) is 7.49. The zero-order chi connectivity index (χ0) is 16.4. The maximum absolute atomic E-state index is 12.2. The van der Waals surface area contributed by atoms with E-state index in [0.717, 1.165) is 28.0 Å². The molecule has 0 aliphatic carbocycles. The van der Waals surface area contributed by atoms with Gasteiger partial charge in [0.15, 0.2) is 0 Å². The maximum atomic E-state index is 12.2. The van der Waals surface area contributed by atoms with Gasteiger partial charge < -0.3 is 11.1 Å². The van der Waals surface area contributed by atoms with E-state index in [1.807, 2.05) is 35.0 Å². The van der Waals surface area contributed by atoms with Crippen molar-refractivity contribution in [3.8, 4) is 5.69 Å². The molecule has 2 heterocycles. The molecule has 3 aromatic rings. The molecular weight excluding hydrogens is 332 g/mol. The van der Waals surface area contributed by atoms with Gasteiger partial charge in [-0.05, 0) is 30.7 Å². The SMILES string of the molecule is CCc1nn(-c2cccc(Cl)c2)c2sc(C(=O)NCC[NH3+])cc12. The molecule has 0 bridgehead atoms. The largest absolute Gasteiger partial charge is 0.356 e. The zero-order valence-corrected chi connectivity index (χ0v) is 14.4. The van der Waals surface area contributed by atoms with Crippen LogP contribution in [0, 0.1) is 0 Å². The number of amides is 1. The van der Waals surface area contributed by atoms with E-state index in [1.54, 1.807) is 0 Å². The van der Waals surface area contributed by atoms with Crippen molar-refractivity contribution in [2.75, 3.05) is 13.1 Å². The van der Waals surface area contributed by atoms with Crippen LogP contribution in [0.1, 0.15) is 22.3 Å². The van der Waals surface area contributed by atoms with Gasteiger partial charge in [-0.25, -0.2) is 4.68 Å². The van der Waals surface area contributed by atoms with Crippen molar-refractivity contribution in [3.63, 3.8) is 0 Å². The Morgan fingerprint density at radius 2 is 2.26 bits per heavy atom. The Bertz CT molecular complexity index is 855. The highest BCUT2D eigenvalue weighted by molar-refractivity contribution is 7.20. The molecule has 0 saturated heterocycles. The first-order chi connectivity index (χ1) is 11.1. The van der Waals surface area contributed by atoms with Crippen molar-refractivity contribution in [1.82, 2.24) is 15.1 Å². The summed E-state index contributed by atoms with van der Waals surface area (Å²) in [6.45, 7) is 3.31. The number of aryl methyl sites for hydroxylation is 1. The van der Waals surface area contributed by atoms with E-state index in [4.69, 9.17) is 11.6 Å². The van der Waals surface area contributed by atoms with Gasteiger partial charge in [0.25, 0.3) is 5.91 Å². The molecule has 23 heavy (non-hydrogen) atoms. The minimum Gasteiger partial charge on any atom is -0.356 e. The Labute approximate surface area is 143 Å². The maximum Gasteiger partial charge on any atom is 0.261 e. The number of halogens is 1. The second-order valence-electron chi connectivity index (χ2n) is 5.13. The summed E-state index contributed by atoms with van der Waals surface area (Å²) in [4.78, 5) is 13.8. The monoisotopic (exact) mass is 349 g/mol. The summed E-state index contributed by atoms with van der Waals surface area (Å²) in [5.41, 5.74) is 5.61. The summed E-state index contributed by atoms with van der Waals surface area (Å²) in [5.74, 6) is -0.0606. The van der Waals surface area contributed by atoms with Gasteiger partial charge in [-0.1, -0.05) is 24.6 Å². The van der Waals surface area contributed by atoms with E-state index in [-0.39, 0.29) is 5.91 Å². The number of benzene rings is 1. The summed E-state index contributed by atoms with van der Waals surface area (Å²) in [5, 5.41) is 9.22.